The largest absolute Gasteiger partial charge is 0.370 e. The number of anilines is 4. The molecule has 4 aromatic rings. The predicted molar refractivity (Wildman–Crippen MR) is 168 cm³/mol. The number of aryl methyl sites for hydroxylation is 1. The molecule has 1 amide bonds. The lowest BCUT2D eigenvalue weighted by atomic mass is 10.1. The lowest BCUT2D eigenvalue weighted by molar-refractivity contribution is 0.102. The lowest BCUT2D eigenvalue weighted by Crippen LogP contribution is -2.43. The van der Waals surface area contributed by atoms with Crippen molar-refractivity contribution in [1.82, 2.24) is 24.8 Å². The summed E-state index contributed by atoms with van der Waals surface area (Å²) in [7, 11) is 2.16. The Balaban J connectivity index is 1.11. The first-order chi connectivity index (χ1) is 20.5. The van der Waals surface area contributed by atoms with Crippen molar-refractivity contribution in [2.24, 2.45) is 0 Å². The van der Waals surface area contributed by atoms with Crippen LogP contribution in [-0.4, -0.2) is 77.0 Å². The van der Waals surface area contributed by atoms with Crippen LogP contribution in [0.4, 0.5) is 23.0 Å². The summed E-state index contributed by atoms with van der Waals surface area (Å²) in [4.78, 5) is 33.9. The van der Waals surface area contributed by atoms with Crippen LogP contribution < -0.4 is 15.5 Å². The normalized spacial score (nSPS) is 16.0. The topological polar surface area (TPSA) is 89.5 Å². The van der Waals surface area contributed by atoms with Crippen molar-refractivity contribution in [1.29, 1.82) is 0 Å². The van der Waals surface area contributed by atoms with Crippen LogP contribution in [0.25, 0.3) is 11.3 Å². The number of nitrogens with zero attached hydrogens (tertiary/aromatic N) is 6. The number of carbonyl (C=O) groups is 1. The van der Waals surface area contributed by atoms with Crippen molar-refractivity contribution in [2.75, 3.05) is 61.8 Å². The van der Waals surface area contributed by atoms with Crippen LogP contribution in [0.3, 0.4) is 0 Å². The van der Waals surface area contributed by atoms with E-state index in [0.717, 1.165) is 74.0 Å². The smallest absolute Gasteiger partial charge is 0.255 e. The monoisotopic (exact) mass is 562 g/mol. The molecule has 6 rings (SSSR count). The first-order valence-electron chi connectivity index (χ1n) is 14.7. The van der Waals surface area contributed by atoms with Crippen LogP contribution in [0.2, 0.25) is 0 Å². The molecule has 2 aliphatic rings. The van der Waals surface area contributed by atoms with Gasteiger partial charge in [-0.3, -0.25) is 14.7 Å². The highest BCUT2D eigenvalue weighted by Crippen LogP contribution is 2.27. The minimum absolute atomic E-state index is 0.139. The summed E-state index contributed by atoms with van der Waals surface area (Å²) in [6.45, 7) is 9.38. The van der Waals surface area contributed by atoms with Crippen molar-refractivity contribution in [2.45, 2.75) is 26.3 Å². The van der Waals surface area contributed by atoms with E-state index in [1.54, 1.807) is 6.20 Å². The van der Waals surface area contributed by atoms with E-state index in [1.165, 1.54) is 18.4 Å². The summed E-state index contributed by atoms with van der Waals surface area (Å²) in [5.74, 6) is 0.348. The molecule has 4 heterocycles. The van der Waals surface area contributed by atoms with E-state index in [9.17, 15) is 4.79 Å². The van der Waals surface area contributed by atoms with Gasteiger partial charge >= 0.3 is 0 Å². The fraction of sp³-hybridized carbons (Fsp3) is 0.333. The first-order valence-corrected chi connectivity index (χ1v) is 14.7. The number of aromatic nitrogens is 3. The predicted octanol–water partition coefficient (Wildman–Crippen LogP) is 5.19. The second-order valence-electron chi connectivity index (χ2n) is 11.3. The number of benzene rings is 2. The Morgan fingerprint density at radius 3 is 2.48 bits per heavy atom. The molecule has 2 aliphatic heterocycles. The summed E-state index contributed by atoms with van der Waals surface area (Å²) >= 11 is 0. The highest BCUT2D eigenvalue weighted by molar-refractivity contribution is 6.04. The van der Waals surface area contributed by atoms with E-state index in [-0.39, 0.29) is 5.91 Å². The van der Waals surface area contributed by atoms with Crippen molar-refractivity contribution in [3.63, 3.8) is 0 Å². The van der Waals surface area contributed by atoms with Gasteiger partial charge in [-0.2, -0.15) is 0 Å². The second kappa shape index (κ2) is 12.7. The molecule has 0 unspecified atom stereocenters. The van der Waals surface area contributed by atoms with E-state index < -0.39 is 0 Å². The molecule has 2 fully saturated rings. The first kappa shape index (κ1) is 27.8. The highest BCUT2D eigenvalue weighted by atomic mass is 16.1. The molecule has 0 spiro atoms. The summed E-state index contributed by atoms with van der Waals surface area (Å²) in [5.41, 5.74) is 7.29. The highest BCUT2D eigenvalue weighted by Gasteiger charge is 2.16. The minimum atomic E-state index is -0.139. The number of pyridine rings is 1. The Hall–Kier alpha value is -4.34. The van der Waals surface area contributed by atoms with E-state index in [4.69, 9.17) is 4.98 Å². The molecule has 216 valence electrons. The molecular weight excluding hydrogens is 524 g/mol. The third-order valence-electron chi connectivity index (χ3n) is 8.11. The number of piperazine rings is 1. The zero-order valence-electron chi connectivity index (χ0n) is 24.4. The van der Waals surface area contributed by atoms with Gasteiger partial charge in [0, 0.05) is 80.7 Å². The maximum atomic E-state index is 13.0. The Bertz CT molecular complexity index is 1530. The molecule has 2 saturated heterocycles. The van der Waals surface area contributed by atoms with Gasteiger partial charge in [0.1, 0.15) is 0 Å². The molecule has 2 aromatic heterocycles. The fourth-order valence-corrected chi connectivity index (χ4v) is 5.48. The van der Waals surface area contributed by atoms with Gasteiger partial charge in [-0.25, -0.2) is 9.97 Å². The van der Waals surface area contributed by atoms with Crippen molar-refractivity contribution in [3.05, 3.63) is 89.9 Å². The van der Waals surface area contributed by atoms with Gasteiger partial charge in [-0.05, 0) is 74.3 Å². The summed E-state index contributed by atoms with van der Waals surface area (Å²) < 4.78 is 0. The van der Waals surface area contributed by atoms with E-state index in [1.807, 2.05) is 55.7 Å². The maximum absolute atomic E-state index is 13.0. The molecule has 0 aliphatic carbocycles. The average molecular weight is 563 g/mol. The Morgan fingerprint density at radius 1 is 0.905 bits per heavy atom. The van der Waals surface area contributed by atoms with Gasteiger partial charge in [-0.15, -0.1) is 0 Å². The quantitative estimate of drug-likeness (QED) is 0.303. The van der Waals surface area contributed by atoms with Gasteiger partial charge in [0.15, 0.2) is 0 Å². The number of rotatable bonds is 8. The molecule has 0 bridgehead atoms. The number of likely N-dealkylation sites (N-methyl/N-ethyl adjacent to an activating group) is 1. The van der Waals surface area contributed by atoms with Crippen LogP contribution in [0, 0.1) is 6.92 Å². The summed E-state index contributed by atoms with van der Waals surface area (Å²) in [5, 5.41) is 6.38. The van der Waals surface area contributed by atoms with Crippen LogP contribution in [0.15, 0.2) is 73.2 Å². The Kier molecular flexibility index (Phi) is 8.39. The summed E-state index contributed by atoms with van der Waals surface area (Å²) in [6, 6.07) is 17.8. The lowest BCUT2D eigenvalue weighted by Gasteiger charge is -2.32. The van der Waals surface area contributed by atoms with Crippen molar-refractivity contribution in [3.8, 4) is 11.3 Å². The molecule has 0 saturated carbocycles. The van der Waals surface area contributed by atoms with E-state index in [0.29, 0.717) is 17.2 Å². The maximum Gasteiger partial charge on any atom is 0.255 e. The van der Waals surface area contributed by atoms with Crippen LogP contribution in [0.1, 0.15) is 34.3 Å². The number of amides is 1. The van der Waals surface area contributed by atoms with Crippen molar-refractivity contribution < 1.29 is 4.79 Å². The van der Waals surface area contributed by atoms with E-state index >= 15 is 0 Å². The second-order valence-corrected chi connectivity index (χ2v) is 11.3. The van der Waals surface area contributed by atoms with Crippen molar-refractivity contribution >= 4 is 28.9 Å². The van der Waals surface area contributed by atoms with Crippen LogP contribution >= 0.6 is 0 Å². The van der Waals surface area contributed by atoms with Gasteiger partial charge in [0.25, 0.3) is 5.91 Å². The molecule has 0 atom stereocenters. The average Bonchev–Trinajstić information content (AvgIpc) is 3.56. The number of hydrogen-bond donors (Lipinski definition) is 2. The zero-order valence-corrected chi connectivity index (χ0v) is 24.4. The fourth-order valence-electron chi connectivity index (χ4n) is 5.48. The molecule has 2 aromatic carbocycles. The molecule has 0 radical (unpaired) electrons. The number of hydrogen-bond acceptors (Lipinski definition) is 8. The molecule has 2 N–H and O–H groups in total. The molecule has 9 heteroatoms. The van der Waals surface area contributed by atoms with Gasteiger partial charge in [-0.1, -0.05) is 18.2 Å². The van der Waals surface area contributed by atoms with E-state index in [2.05, 4.69) is 60.5 Å². The Labute approximate surface area is 247 Å². The molecule has 9 nitrogen and oxygen atoms in total. The van der Waals surface area contributed by atoms with Crippen LogP contribution in [0.5, 0.6) is 0 Å². The van der Waals surface area contributed by atoms with Gasteiger partial charge < -0.3 is 20.4 Å². The molecular formula is C33H38N8O. The molecule has 42 heavy (non-hydrogen) atoms. The van der Waals surface area contributed by atoms with Gasteiger partial charge in [0.05, 0.1) is 17.6 Å². The SMILES string of the molecule is Cc1ccc(NC(=O)c2ccc(CN3CCN(C)CC3)cc2)cc1Nc1nccc(-c2cncc(N3CCCC3)c2)n1. The third-order valence-corrected chi connectivity index (χ3v) is 8.11. The Morgan fingerprint density at radius 2 is 1.69 bits per heavy atom. The number of carbonyl (C=O) groups excluding carboxylic acids is 1. The standard InChI is InChI=1S/C33H38N8O/c1-24-5-10-28(36-32(42)26-8-6-25(7-9-26)23-40-17-15-39(2)16-18-40)20-31(24)38-33-35-12-11-30(37-33)27-19-29(22-34-21-27)41-13-3-4-14-41/h5-12,19-22H,3-4,13-18,23H2,1-2H3,(H,36,42)(H,35,37,38). The third kappa shape index (κ3) is 6.75. The number of nitrogens with one attached hydrogen (secondary N) is 2. The minimum Gasteiger partial charge on any atom is -0.370 e. The van der Waals surface area contributed by atoms with Crippen LogP contribution in [-0.2, 0) is 6.54 Å². The van der Waals surface area contributed by atoms with Gasteiger partial charge in [0.2, 0.25) is 5.95 Å². The summed E-state index contributed by atoms with van der Waals surface area (Å²) in [6.07, 6.45) is 7.94. The zero-order chi connectivity index (χ0) is 28.9.